The number of carbonyl (C=O) groups is 1. The molecule has 0 saturated heterocycles. The summed E-state index contributed by atoms with van der Waals surface area (Å²) in [6.45, 7) is 0. The Kier molecular flexibility index (Phi) is 2.77. The largest absolute Gasteiger partial charge is 0.476 e. The van der Waals surface area contributed by atoms with Gasteiger partial charge in [-0.3, -0.25) is 0 Å². The van der Waals surface area contributed by atoms with Crippen molar-refractivity contribution in [3.63, 3.8) is 0 Å². The van der Waals surface area contributed by atoms with Gasteiger partial charge in [0.2, 0.25) is 5.01 Å². The zero-order valence-corrected chi connectivity index (χ0v) is 8.53. The Hall–Kier alpha value is -1.69. The number of carboxylic acid groups (broad SMARTS) is 1. The van der Waals surface area contributed by atoms with E-state index < -0.39 is 5.97 Å². The van der Waals surface area contributed by atoms with Crippen molar-refractivity contribution in [1.82, 2.24) is 10.2 Å². The van der Waals surface area contributed by atoms with Gasteiger partial charge in [0.25, 0.3) is 0 Å². The highest BCUT2D eigenvalue weighted by molar-refractivity contribution is 7.13. The molecule has 5 nitrogen and oxygen atoms in total. The fraction of sp³-hybridized carbons (Fsp3) is 0.222. The number of aryl methyl sites for hydroxylation is 2. The van der Waals surface area contributed by atoms with Crippen molar-refractivity contribution in [1.29, 1.82) is 0 Å². The summed E-state index contributed by atoms with van der Waals surface area (Å²) >= 11 is 1.10. The van der Waals surface area contributed by atoms with Crippen LogP contribution >= 0.6 is 11.3 Å². The van der Waals surface area contributed by atoms with E-state index in [0.717, 1.165) is 17.1 Å². The predicted octanol–water partition coefficient (Wildman–Crippen LogP) is 1.61. The summed E-state index contributed by atoms with van der Waals surface area (Å²) in [5.41, 5.74) is 0. The van der Waals surface area contributed by atoms with Crippen LogP contribution in [-0.4, -0.2) is 21.3 Å². The molecule has 0 aliphatic carbocycles. The number of furan rings is 1. The van der Waals surface area contributed by atoms with Crippen LogP contribution in [0, 0.1) is 0 Å². The summed E-state index contributed by atoms with van der Waals surface area (Å²) in [7, 11) is 0. The lowest BCUT2D eigenvalue weighted by Crippen LogP contribution is -1.93. The second-order valence-electron chi connectivity index (χ2n) is 2.89. The van der Waals surface area contributed by atoms with E-state index in [9.17, 15) is 4.79 Å². The molecular weight excluding hydrogens is 216 g/mol. The number of nitrogens with zero attached hydrogens (tertiary/aromatic N) is 2. The Labute approximate surface area is 89.4 Å². The van der Waals surface area contributed by atoms with E-state index in [0.29, 0.717) is 17.8 Å². The average molecular weight is 224 g/mol. The van der Waals surface area contributed by atoms with Crippen LogP contribution in [0.25, 0.3) is 0 Å². The van der Waals surface area contributed by atoms with Crippen molar-refractivity contribution in [2.24, 2.45) is 0 Å². The third kappa shape index (κ3) is 2.41. The van der Waals surface area contributed by atoms with Gasteiger partial charge < -0.3 is 9.52 Å². The quantitative estimate of drug-likeness (QED) is 0.853. The minimum Gasteiger partial charge on any atom is -0.476 e. The Bertz CT molecular complexity index is 450. The molecule has 0 aromatic carbocycles. The summed E-state index contributed by atoms with van der Waals surface area (Å²) in [5.74, 6) is -0.168. The minimum absolute atomic E-state index is 0.0319. The molecule has 0 saturated carbocycles. The standard InChI is InChI=1S/C9H8N2O3S/c12-9(13)8-11-10-7(15-8)4-3-6-2-1-5-14-6/h1-2,5H,3-4H2,(H,12,13). The topological polar surface area (TPSA) is 76.2 Å². The van der Waals surface area contributed by atoms with Gasteiger partial charge in [-0.2, -0.15) is 0 Å². The Morgan fingerprint density at radius 3 is 2.93 bits per heavy atom. The maximum Gasteiger partial charge on any atom is 0.367 e. The lowest BCUT2D eigenvalue weighted by Gasteiger charge is -1.91. The third-order valence-corrected chi connectivity index (χ3v) is 2.79. The van der Waals surface area contributed by atoms with Gasteiger partial charge >= 0.3 is 5.97 Å². The molecule has 2 heterocycles. The van der Waals surface area contributed by atoms with Crippen LogP contribution in [0.1, 0.15) is 20.6 Å². The van der Waals surface area contributed by atoms with Crippen molar-refractivity contribution < 1.29 is 14.3 Å². The minimum atomic E-state index is -1.03. The second-order valence-corrected chi connectivity index (χ2v) is 3.95. The summed E-state index contributed by atoms with van der Waals surface area (Å²) < 4.78 is 5.15. The van der Waals surface area contributed by atoms with Crippen molar-refractivity contribution in [3.8, 4) is 0 Å². The van der Waals surface area contributed by atoms with Gasteiger partial charge in [-0.1, -0.05) is 11.3 Å². The lowest BCUT2D eigenvalue weighted by molar-refractivity contribution is 0.0695. The SMILES string of the molecule is O=C(O)c1nnc(CCc2ccco2)s1. The number of hydrogen-bond donors (Lipinski definition) is 1. The lowest BCUT2D eigenvalue weighted by atomic mass is 10.2. The summed E-state index contributed by atoms with van der Waals surface area (Å²) in [5, 5.41) is 16.7. The molecule has 2 aromatic heterocycles. The molecule has 2 rings (SSSR count). The number of aromatic nitrogens is 2. The van der Waals surface area contributed by atoms with Crippen LogP contribution in [0.3, 0.4) is 0 Å². The van der Waals surface area contributed by atoms with Gasteiger partial charge in [0.15, 0.2) is 0 Å². The van der Waals surface area contributed by atoms with Gasteiger partial charge in [-0.15, -0.1) is 10.2 Å². The van der Waals surface area contributed by atoms with Crippen molar-refractivity contribution in [3.05, 3.63) is 34.2 Å². The molecule has 0 unspecified atom stereocenters. The van der Waals surface area contributed by atoms with Crippen LogP contribution in [0.2, 0.25) is 0 Å². The fourth-order valence-electron chi connectivity index (χ4n) is 1.13. The highest BCUT2D eigenvalue weighted by Crippen LogP contribution is 2.12. The molecule has 0 atom stereocenters. The Balaban J connectivity index is 1.96. The van der Waals surface area contributed by atoms with Crippen LogP contribution < -0.4 is 0 Å². The zero-order valence-electron chi connectivity index (χ0n) is 7.71. The molecule has 78 valence electrons. The zero-order chi connectivity index (χ0) is 10.7. The van der Waals surface area contributed by atoms with Gasteiger partial charge in [0.1, 0.15) is 10.8 Å². The van der Waals surface area contributed by atoms with Crippen LogP contribution in [0.4, 0.5) is 0 Å². The molecule has 0 aliphatic heterocycles. The molecule has 0 bridgehead atoms. The molecule has 0 radical (unpaired) electrons. The van der Waals surface area contributed by atoms with Gasteiger partial charge in [-0.05, 0) is 12.1 Å². The normalized spacial score (nSPS) is 10.4. The van der Waals surface area contributed by atoms with Crippen molar-refractivity contribution in [2.75, 3.05) is 0 Å². The third-order valence-electron chi connectivity index (χ3n) is 1.82. The summed E-state index contributed by atoms with van der Waals surface area (Å²) in [4.78, 5) is 10.5. The average Bonchev–Trinajstić information content (AvgIpc) is 2.86. The number of carboxylic acids is 1. The summed E-state index contributed by atoms with van der Waals surface area (Å²) in [6.07, 6.45) is 2.97. The number of aromatic carboxylic acids is 1. The summed E-state index contributed by atoms with van der Waals surface area (Å²) in [6, 6.07) is 3.69. The predicted molar refractivity (Wildman–Crippen MR) is 53.0 cm³/mol. The number of hydrogen-bond acceptors (Lipinski definition) is 5. The molecular formula is C9H8N2O3S. The van der Waals surface area contributed by atoms with Gasteiger partial charge in [0, 0.05) is 12.8 Å². The molecule has 0 fully saturated rings. The molecule has 0 amide bonds. The van der Waals surface area contributed by atoms with Crippen LogP contribution in [0.15, 0.2) is 22.8 Å². The maximum atomic E-state index is 10.5. The molecule has 0 aliphatic rings. The Morgan fingerprint density at radius 2 is 2.33 bits per heavy atom. The molecule has 0 spiro atoms. The maximum absolute atomic E-state index is 10.5. The second kappa shape index (κ2) is 4.22. The first-order valence-electron chi connectivity index (χ1n) is 4.34. The van der Waals surface area contributed by atoms with E-state index in [-0.39, 0.29) is 5.01 Å². The van der Waals surface area contributed by atoms with E-state index in [1.54, 1.807) is 6.26 Å². The van der Waals surface area contributed by atoms with Crippen molar-refractivity contribution >= 4 is 17.3 Å². The highest BCUT2D eigenvalue weighted by Gasteiger charge is 2.10. The van der Waals surface area contributed by atoms with E-state index in [4.69, 9.17) is 9.52 Å². The van der Waals surface area contributed by atoms with E-state index in [1.165, 1.54) is 0 Å². The van der Waals surface area contributed by atoms with E-state index >= 15 is 0 Å². The van der Waals surface area contributed by atoms with Crippen LogP contribution in [0.5, 0.6) is 0 Å². The molecule has 6 heteroatoms. The molecule has 15 heavy (non-hydrogen) atoms. The van der Waals surface area contributed by atoms with Gasteiger partial charge in [-0.25, -0.2) is 4.79 Å². The first kappa shape index (κ1) is 9.85. The van der Waals surface area contributed by atoms with E-state index in [2.05, 4.69) is 10.2 Å². The van der Waals surface area contributed by atoms with Crippen LogP contribution in [-0.2, 0) is 12.8 Å². The first-order chi connectivity index (χ1) is 7.25. The number of rotatable bonds is 4. The first-order valence-corrected chi connectivity index (χ1v) is 5.15. The monoisotopic (exact) mass is 224 g/mol. The smallest absolute Gasteiger partial charge is 0.367 e. The Morgan fingerprint density at radius 1 is 1.47 bits per heavy atom. The van der Waals surface area contributed by atoms with Crippen molar-refractivity contribution in [2.45, 2.75) is 12.8 Å². The van der Waals surface area contributed by atoms with Gasteiger partial charge in [0.05, 0.1) is 6.26 Å². The molecule has 2 aromatic rings. The fourth-order valence-corrected chi connectivity index (χ4v) is 1.80. The van der Waals surface area contributed by atoms with E-state index in [1.807, 2.05) is 12.1 Å². The molecule has 1 N–H and O–H groups in total. The highest BCUT2D eigenvalue weighted by atomic mass is 32.1.